The number of fused-ring (bicyclic) bond motifs is 3. The standard InChI is InChI=1S/C25H14N2O2Se/c28-23-19-12-16-4-1-2-5-17(16)13-20(19)24(29)21(23)14-18-7-8-22(30-18)27-11-9-15-6-3-10-26-25(15)27/h1-14H. The second-order valence-corrected chi connectivity index (χ2v) is 9.53. The van der Waals surface area contributed by atoms with Gasteiger partial charge in [0.1, 0.15) is 0 Å². The molecule has 0 bridgehead atoms. The first kappa shape index (κ1) is 17.3. The zero-order valence-electron chi connectivity index (χ0n) is 15.7. The van der Waals surface area contributed by atoms with Crippen LogP contribution in [0.15, 0.2) is 84.7 Å². The number of rotatable bonds is 2. The Hall–Kier alpha value is -3.53. The van der Waals surface area contributed by atoms with Gasteiger partial charge in [0, 0.05) is 0 Å². The van der Waals surface area contributed by atoms with Crippen LogP contribution in [0.4, 0.5) is 0 Å². The van der Waals surface area contributed by atoms with Crippen LogP contribution in [-0.2, 0) is 0 Å². The minimum absolute atomic E-state index is 0.0173. The number of ketones is 2. The van der Waals surface area contributed by atoms with Crippen molar-refractivity contribution in [3.63, 3.8) is 0 Å². The van der Waals surface area contributed by atoms with E-state index in [0.29, 0.717) is 11.1 Å². The molecule has 5 heteroatoms. The van der Waals surface area contributed by atoms with E-state index in [0.717, 1.165) is 30.8 Å². The third-order valence-corrected chi connectivity index (χ3v) is 7.61. The van der Waals surface area contributed by atoms with Crippen LogP contribution in [-0.4, -0.2) is 35.6 Å². The van der Waals surface area contributed by atoms with Gasteiger partial charge in [-0.05, 0) is 0 Å². The number of benzene rings is 2. The molecule has 0 spiro atoms. The Kier molecular flexibility index (Phi) is 3.75. The average molecular weight is 453 g/mol. The first-order valence-electron chi connectivity index (χ1n) is 9.55. The summed E-state index contributed by atoms with van der Waals surface area (Å²) in [6.45, 7) is 0. The average Bonchev–Trinajstić information content (AvgIpc) is 3.47. The molecule has 0 atom stereocenters. The van der Waals surface area contributed by atoms with E-state index in [1.165, 1.54) is 0 Å². The van der Waals surface area contributed by atoms with Crippen molar-refractivity contribution in [3.05, 3.63) is 100 Å². The van der Waals surface area contributed by atoms with Crippen molar-refractivity contribution in [3.8, 4) is 4.56 Å². The molecule has 0 aliphatic heterocycles. The molecule has 5 aromatic rings. The number of hydrogen-bond acceptors (Lipinski definition) is 3. The number of hydrogen-bond donors (Lipinski definition) is 0. The summed E-state index contributed by atoms with van der Waals surface area (Å²) >= 11 is -0.0173. The molecule has 0 fully saturated rings. The summed E-state index contributed by atoms with van der Waals surface area (Å²) in [4.78, 5) is 30.4. The first-order valence-corrected chi connectivity index (χ1v) is 11.3. The summed E-state index contributed by atoms with van der Waals surface area (Å²) < 4.78 is 4.21. The van der Waals surface area contributed by atoms with Gasteiger partial charge in [-0.3, -0.25) is 0 Å². The van der Waals surface area contributed by atoms with Crippen molar-refractivity contribution >= 4 is 54.0 Å². The van der Waals surface area contributed by atoms with Gasteiger partial charge in [0.25, 0.3) is 0 Å². The van der Waals surface area contributed by atoms with Crippen LogP contribution in [0.1, 0.15) is 25.2 Å². The van der Waals surface area contributed by atoms with E-state index in [1.54, 1.807) is 12.3 Å². The predicted octanol–water partition coefficient (Wildman–Crippen LogP) is 4.70. The van der Waals surface area contributed by atoms with Gasteiger partial charge in [-0.25, -0.2) is 0 Å². The Labute approximate surface area is 177 Å². The Morgan fingerprint density at radius 1 is 0.800 bits per heavy atom. The fourth-order valence-corrected chi connectivity index (χ4v) is 5.94. The molecular weight excluding hydrogens is 439 g/mol. The third kappa shape index (κ3) is 2.57. The van der Waals surface area contributed by atoms with Gasteiger partial charge >= 0.3 is 178 Å². The van der Waals surface area contributed by atoms with Crippen LogP contribution in [0.5, 0.6) is 0 Å². The normalized spacial score (nSPS) is 13.4. The predicted molar refractivity (Wildman–Crippen MR) is 119 cm³/mol. The second-order valence-electron chi connectivity index (χ2n) is 7.24. The molecule has 0 radical (unpaired) electrons. The van der Waals surface area contributed by atoms with Crippen molar-refractivity contribution in [2.45, 2.75) is 0 Å². The van der Waals surface area contributed by atoms with Crippen LogP contribution >= 0.6 is 0 Å². The van der Waals surface area contributed by atoms with Gasteiger partial charge in [-0.1, -0.05) is 0 Å². The van der Waals surface area contributed by atoms with E-state index < -0.39 is 0 Å². The number of pyridine rings is 1. The topological polar surface area (TPSA) is 52.0 Å². The van der Waals surface area contributed by atoms with Crippen LogP contribution < -0.4 is 0 Å². The van der Waals surface area contributed by atoms with Gasteiger partial charge in [0.15, 0.2) is 0 Å². The summed E-state index contributed by atoms with van der Waals surface area (Å²) in [5, 5.41) is 3.03. The molecule has 30 heavy (non-hydrogen) atoms. The second kappa shape index (κ2) is 6.49. The molecule has 4 nitrogen and oxygen atoms in total. The van der Waals surface area contributed by atoms with Crippen LogP contribution in [0.3, 0.4) is 0 Å². The van der Waals surface area contributed by atoms with E-state index in [2.05, 4.69) is 9.55 Å². The summed E-state index contributed by atoms with van der Waals surface area (Å²) in [6, 6.07) is 21.5. The third-order valence-electron chi connectivity index (χ3n) is 5.45. The van der Waals surface area contributed by atoms with Gasteiger partial charge in [-0.15, -0.1) is 0 Å². The summed E-state index contributed by atoms with van der Waals surface area (Å²) in [6.07, 6.45) is 5.58. The quantitative estimate of drug-likeness (QED) is 0.221. The van der Waals surface area contributed by atoms with Gasteiger partial charge in [-0.2, -0.15) is 0 Å². The molecule has 0 amide bonds. The molecule has 1 aliphatic rings. The van der Waals surface area contributed by atoms with Crippen molar-refractivity contribution < 1.29 is 9.59 Å². The molecule has 0 unspecified atom stereocenters. The fraction of sp³-hybridized carbons (Fsp3) is 0. The molecule has 0 saturated heterocycles. The molecule has 0 N–H and O–H groups in total. The van der Waals surface area contributed by atoms with E-state index in [4.69, 9.17) is 0 Å². The van der Waals surface area contributed by atoms with Crippen molar-refractivity contribution in [1.29, 1.82) is 0 Å². The van der Waals surface area contributed by atoms with Crippen molar-refractivity contribution in [1.82, 2.24) is 9.55 Å². The van der Waals surface area contributed by atoms with E-state index >= 15 is 0 Å². The fourth-order valence-electron chi connectivity index (χ4n) is 3.98. The molecule has 3 heterocycles. The molecular formula is C25H14N2O2Se. The molecule has 6 rings (SSSR count). The SMILES string of the molecule is O=C1C(=Cc2ccc(-n3ccc4cccnc43)[se]2)C(=O)c2cc3ccccc3cc21. The van der Waals surface area contributed by atoms with Crippen molar-refractivity contribution in [2.75, 3.05) is 0 Å². The Bertz CT molecular complexity index is 1480. The summed E-state index contributed by atoms with van der Waals surface area (Å²) in [5.74, 6) is -0.363. The number of Topliss-reactive ketones (excluding diaryl/α,β-unsaturated/α-hetero) is 2. The maximum absolute atomic E-state index is 13.0. The zero-order chi connectivity index (χ0) is 20.2. The number of carbonyl (C=O) groups is 2. The van der Waals surface area contributed by atoms with Crippen LogP contribution in [0.25, 0.3) is 32.4 Å². The molecule has 0 saturated carbocycles. The number of aromatic nitrogens is 2. The summed E-state index contributed by atoms with van der Waals surface area (Å²) in [5.41, 5.74) is 2.19. The van der Waals surface area contributed by atoms with E-state index in [1.807, 2.05) is 72.9 Å². The first-order chi connectivity index (χ1) is 14.7. The number of allylic oxidation sites excluding steroid dienone is 1. The Morgan fingerprint density at radius 2 is 1.50 bits per heavy atom. The monoisotopic (exact) mass is 454 g/mol. The molecule has 1 aliphatic carbocycles. The Morgan fingerprint density at radius 3 is 2.23 bits per heavy atom. The molecule has 2 aromatic carbocycles. The minimum atomic E-state index is -0.181. The van der Waals surface area contributed by atoms with Gasteiger partial charge < -0.3 is 0 Å². The Balaban J connectivity index is 1.41. The number of carbonyl (C=O) groups excluding carboxylic acids is 2. The van der Waals surface area contributed by atoms with Gasteiger partial charge in [0.05, 0.1) is 0 Å². The summed E-state index contributed by atoms with van der Waals surface area (Å²) in [7, 11) is 0. The zero-order valence-corrected chi connectivity index (χ0v) is 17.4. The molecule has 3 aromatic heterocycles. The van der Waals surface area contributed by atoms with E-state index in [9.17, 15) is 9.59 Å². The molecule has 142 valence electrons. The van der Waals surface area contributed by atoms with E-state index in [-0.39, 0.29) is 31.6 Å². The van der Waals surface area contributed by atoms with Crippen LogP contribution in [0, 0.1) is 0 Å². The van der Waals surface area contributed by atoms with Crippen LogP contribution in [0.2, 0.25) is 0 Å². The maximum atomic E-state index is 13.0. The van der Waals surface area contributed by atoms with Gasteiger partial charge in [0.2, 0.25) is 0 Å². The number of nitrogens with zero attached hydrogens (tertiary/aromatic N) is 2. The van der Waals surface area contributed by atoms with Crippen molar-refractivity contribution in [2.24, 2.45) is 0 Å².